The van der Waals surface area contributed by atoms with E-state index in [-0.39, 0.29) is 22.5 Å². The summed E-state index contributed by atoms with van der Waals surface area (Å²) in [6.45, 7) is 1.90. The van der Waals surface area contributed by atoms with Crippen molar-refractivity contribution in [2.45, 2.75) is 32.2 Å². The Bertz CT molecular complexity index is 1890. The Morgan fingerprint density at radius 3 is 2.60 bits per heavy atom. The number of methoxy groups -OCH3 is 1. The Labute approximate surface area is 257 Å². The molecule has 1 amide bonds. The van der Waals surface area contributed by atoms with E-state index in [1.54, 1.807) is 42.3 Å². The zero-order valence-corrected chi connectivity index (χ0v) is 24.9. The SMILES string of the molecule is COc1ccc2c(c1)NC(=O)[C@H](C)CCC[C@H](n1cnc(-c3cc(Cl)ccc3-n3cc(Cl)nn3)cc1=O)c1cc-2ccn1. The quantitative estimate of drug-likeness (QED) is 0.255. The van der Waals surface area contributed by atoms with Gasteiger partial charge in [0.15, 0.2) is 5.15 Å². The lowest BCUT2D eigenvalue weighted by Gasteiger charge is -2.23. The molecule has 43 heavy (non-hydrogen) atoms. The molecule has 12 heteroatoms. The third-order valence-corrected chi connectivity index (χ3v) is 8.01. The molecule has 10 nitrogen and oxygen atoms in total. The van der Waals surface area contributed by atoms with Gasteiger partial charge in [-0.05, 0) is 60.9 Å². The van der Waals surface area contributed by atoms with E-state index in [9.17, 15) is 9.59 Å². The molecule has 0 radical (unpaired) electrons. The molecule has 0 fully saturated rings. The fourth-order valence-electron chi connectivity index (χ4n) is 5.30. The Morgan fingerprint density at radius 1 is 0.977 bits per heavy atom. The van der Waals surface area contributed by atoms with Gasteiger partial charge in [0.2, 0.25) is 5.91 Å². The second kappa shape index (κ2) is 12.0. The van der Waals surface area contributed by atoms with Gasteiger partial charge in [0.1, 0.15) is 5.75 Å². The van der Waals surface area contributed by atoms with E-state index in [2.05, 4.69) is 25.6 Å². The summed E-state index contributed by atoms with van der Waals surface area (Å²) in [6.07, 6.45) is 6.73. The summed E-state index contributed by atoms with van der Waals surface area (Å²) in [6, 6.07) is 15.7. The van der Waals surface area contributed by atoms with Crippen LogP contribution in [0.5, 0.6) is 5.75 Å². The maximum atomic E-state index is 13.7. The van der Waals surface area contributed by atoms with E-state index in [0.29, 0.717) is 52.7 Å². The minimum atomic E-state index is -0.404. The van der Waals surface area contributed by atoms with E-state index >= 15 is 0 Å². The van der Waals surface area contributed by atoms with Gasteiger partial charge in [0, 0.05) is 40.4 Å². The van der Waals surface area contributed by atoms with Crippen molar-refractivity contribution in [1.29, 1.82) is 0 Å². The van der Waals surface area contributed by atoms with Gasteiger partial charge in [0.05, 0.1) is 48.4 Å². The van der Waals surface area contributed by atoms with Crippen LogP contribution in [-0.2, 0) is 4.79 Å². The molecule has 0 aliphatic carbocycles. The normalized spacial score (nSPS) is 16.9. The van der Waals surface area contributed by atoms with Gasteiger partial charge < -0.3 is 10.1 Å². The number of ether oxygens (including phenoxy) is 1. The molecule has 6 rings (SSSR count). The van der Waals surface area contributed by atoms with Crippen LogP contribution in [0, 0.1) is 5.92 Å². The predicted octanol–water partition coefficient (Wildman–Crippen LogP) is 6.22. The van der Waals surface area contributed by atoms with Gasteiger partial charge in [-0.3, -0.25) is 19.1 Å². The maximum Gasteiger partial charge on any atom is 0.254 e. The standard InChI is InChI=1S/C31H27Cl2N7O3/c1-18-4-3-5-28(26-12-19(10-11-34-26)22-8-7-21(43-2)14-25(22)36-31(18)42)39-17-35-24(15-30(39)41)23-13-20(32)6-9-27(23)40-16-29(33)37-38-40/h6-18,28H,3-5H2,1-2H3,(H,36,42)/t18-,28+/m1/s1. The molecule has 0 saturated heterocycles. The molecule has 3 aromatic heterocycles. The van der Waals surface area contributed by atoms with Crippen molar-refractivity contribution >= 4 is 34.8 Å². The highest BCUT2D eigenvalue weighted by molar-refractivity contribution is 6.31. The van der Waals surface area contributed by atoms with E-state index < -0.39 is 6.04 Å². The summed E-state index contributed by atoms with van der Waals surface area (Å²) in [5.41, 5.74) is 4.44. The molecule has 0 unspecified atom stereocenters. The van der Waals surface area contributed by atoms with Crippen LogP contribution in [0.3, 0.4) is 0 Å². The number of pyridine rings is 1. The Balaban J connectivity index is 1.43. The molecule has 5 aromatic rings. The topological polar surface area (TPSA) is 117 Å². The van der Waals surface area contributed by atoms with Crippen molar-refractivity contribution in [3.05, 3.63) is 99.5 Å². The van der Waals surface area contributed by atoms with Crippen molar-refractivity contribution in [2.24, 2.45) is 5.92 Å². The smallest absolute Gasteiger partial charge is 0.254 e. The molecule has 1 aliphatic rings. The van der Waals surface area contributed by atoms with Crippen LogP contribution in [0.4, 0.5) is 5.69 Å². The highest BCUT2D eigenvalue weighted by Crippen LogP contribution is 2.35. The lowest BCUT2D eigenvalue weighted by molar-refractivity contribution is -0.119. The van der Waals surface area contributed by atoms with Crippen LogP contribution in [0.1, 0.15) is 37.9 Å². The first kappa shape index (κ1) is 28.6. The average Bonchev–Trinajstić information content (AvgIpc) is 3.44. The van der Waals surface area contributed by atoms with Gasteiger partial charge in [0.25, 0.3) is 5.56 Å². The molecule has 0 spiro atoms. The van der Waals surface area contributed by atoms with Crippen molar-refractivity contribution in [3.8, 4) is 33.8 Å². The summed E-state index contributed by atoms with van der Waals surface area (Å²) in [5, 5.41) is 11.7. The molecule has 4 heterocycles. The third kappa shape index (κ3) is 5.89. The number of aromatic nitrogens is 6. The third-order valence-electron chi connectivity index (χ3n) is 7.60. The maximum absolute atomic E-state index is 13.7. The molecule has 2 bridgehead atoms. The van der Waals surface area contributed by atoms with Crippen molar-refractivity contribution < 1.29 is 9.53 Å². The average molecular weight is 617 g/mol. The minimum Gasteiger partial charge on any atom is -0.497 e. The highest BCUT2D eigenvalue weighted by atomic mass is 35.5. The van der Waals surface area contributed by atoms with Gasteiger partial charge >= 0.3 is 0 Å². The molecule has 2 aromatic carbocycles. The Hall–Kier alpha value is -4.54. The lowest BCUT2D eigenvalue weighted by Crippen LogP contribution is -2.27. The second-order valence-corrected chi connectivity index (χ2v) is 11.2. The van der Waals surface area contributed by atoms with E-state index in [0.717, 1.165) is 16.8 Å². The van der Waals surface area contributed by atoms with E-state index in [4.69, 9.17) is 27.9 Å². The Morgan fingerprint density at radius 2 is 1.84 bits per heavy atom. The number of hydrogen-bond donors (Lipinski definition) is 1. The van der Waals surface area contributed by atoms with Crippen LogP contribution in [0.15, 0.2) is 78.1 Å². The number of carbonyl (C=O) groups excluding carboxylic acids is 1. The van der Waals surface area contributed by atoms with Gasteiger partial charge in [-0.25, -0.2) is 9.67 Å². The van der Waals surface area contributed by atoms with Crippen molar-refractivity contribution in [3.63, 3.8) is 0 Å². The van der Waals surface area contributed by atoms with Gasteiger partial charge in [-0.15, -0.1) is 5.10 Å². The molecular formula is C31H27Cl2N7O3. The number of carbonyl (C=O) groups is 1. The highest BCUT2D eigenvalue weighted by Gasteiger charge is 2.23. The Kier molecular flexibility index (Phi) is 7.96. The first-order chi connectivity index (χ1) is 20.8. The predicted molar refractivity (Wildman–Crippen MR) is 165 cm³/mol. The fourth-order valence-corrected chi connectivity index (χ4v) is 5.60. The summed E-state index contributed by atoms with van der Waals surface area (Å²) < 4.78 is 8.51. The first-order valence-electron chi connectivity index (χ1n) is 13.7. The van der Waals surface area contributed by atoms with E-state index in [1.807, 2.05) is 37.3 Å². The number of hydrogen-bond acceptors (Lipinski definition) is 7. The molecule has 1 aliphatic heterocycles. The number of amides is 1. The van der Waals surface area contributed by atoms with Crippen LogP contribution < -0.4 is 15.6 Å². The minimum absolute atomic E-state index is 0.0740. The summed E-state index contributed by atoms with van der Waals surface area (Å²) in [4.78, 5) is 36.2. The summed E-state index contributed by atoms with van der Waals surface area (Å²) in [7, 11) is 1.59. The largest absolute Gasteiger partial charge is 0.497 e. The number of nitrogens with zero attached hydrogens (tertiary/aromatic N) is 6. The lowest BCUT2D eigenvalue weighted by atomic mass is 9.95. The number of anilines is 1. The van der Waals surface area contributed by atoms with E-state index in [1.165, 1.54) is 17.1 Å². The van der Waals surface area contributed by atoms with Crippen LogP contribution >= 0.6 is 23.2 Å². The number of fused-ring (bicyclic) bond motifs is 4. The molecule has 2 atom stereocenters. The number of halogens is 2. The number of nitrogens with one attached hydrogen (secondary N) is 1. The van der Waals surface area contributed by atoms with Crippen molar-refractivity contribution in [2.75, 3.05) is 12.4 Å². The van der Waals surface area contributed by atoms with Crippen LogP contribution in [0.25, 0.3) is 28.1 Å². The second-order valence-electron chi connectivity index (χ2n) is 10.4. The van der Waals surface area contributed by atoms with Crippen molar-refractivity contribution in [1.82, 2.24) is 29.5 Å². The van der Waals surface area contributed by atoms with Gasteiger partial charge in [-0.2, -0.15) is 0 Å². The number of benzene rings is 2. The molecule has 0 saturated carbocycles. The fraction of sp³-hybridized carbons (Fsp3) is 0.226. The van der Waals surface area contributed by atoms with Crippen LogP contribution in [0.2, 0.25) is 10.2 Å². The number of rotatable bonds is 4. The first-order valence-corrected chi connectivity index (χ1v) is 14.5. The monoisotopic (exact) mass is 615 g/mol. The van der Waals surface area contributed by atoms with Crippen LogP contribution in [-0.4, -0.2) is 42.5 Å². The zero-order chi connectivity index (χ0) is 30.1. The molecule has 1 N–H and O–H groups in total. The molecule has 218 valence electrons. The summed E-state index contributed by atoms with van der Waals surface area (Å²) >= 11 is 12.3. The van der Waals surface area contributed by atoms with Gasteiger partial charge in [-0.1, -0.05) is 41.8 Å². The summed E-state index contributed by atoms with van der Waals surface area (Å²) in [5.74, 6) is 0.322. The molecular weight excluding hydrogens is 589 g/mol. The zero-order valence-electron chi connectivity index (χ0n) is 23.4.